The van der Waals surface area contributed by atoms with Gasteiger partial charge in [0.15, 0.2) is 0 Å². The minimum absolute atomic E-state index is 0.0773. The standard InChI is InChI=1S/C11H14N2O/c1-11(2,3)10-9(5-12)4-8(7-14)6-13-10/h4,6,14H,7H2,1-3H3. The summed E-state index contributed by atoms with van der Waals surface area (Å²) in [6, 6.07) is 3.79. The molecule has 74 valence electrons. The normalized spacial score (nSPS) is 11.1. The third-order valence-electron chi connectivity index (χ3n) is 1.96. The van der Waals surface area contributed by atoms with Crippen LogP contribution in [0, 0.1) is 11.3 Å². The smallest absolute Gasteiger partial charge is 0.101 e. The minimum Gasteiger partial charge on any atom is -0.392 e. The summed E-state index contributed by atoms with van der Waals surface area (Å²) in [5.41, 5.74) is 1.86. The maximum atomic E-state index is 8.93. The highest BCUT2D eigenvalue weighted by Gasteiger charge is 2.19. The number of rotatable bonds is 1. The number of aromatic nitrogens is 1. The second-order valence-corrected chi connectivity index (χ2v) is 4.26. The molecule has 0 saturated carbocycles. The van der Waals surface area contributed by atoms with E-state index in [0.29, 0.717) is 11.1 Å². The predicted molar refractivity (Wildman–Crippen MR) is 53.6 cm³/mol. The van der Waals surface area contributed by atoms with Gasteiger partial charge in [0, 0.05) is 11.6 Å². The molecular weight excluding hydrogens is 176 g/mol. The highest BCUT2D eigenvalue weighted by Crippen LogP contribution is 2.23. The second-order valence-electron chi connectivity index (χ2n) is 4.26. The summed E-state index contributed by atoms with van der Waals surface area (Å²) in [6.45, 7) is 5.95. The van der Waals surface area contributed by atoms with Crippen molar-refractivity contribution in [1.82, 2.24) is 4.98 Å². The Hall–Kier alpha value is -1.40. The Kier molecular flexibility index (Phi) is 2.87. The summed E-state index contributed by atoms with van der Waals surface area (Å²) in [6.07, 6.45) is 1.61. The summed E-state index contributed by atoms with van der Waals surface area (Å²) in [7, 11) is 0. The first kappa shape index (κ1) is 10.7. The van der Waals surface area contributed by atoms with Crippen LogP contribution in [0.25, 0.3) is 0 Å². The van der Waals surface area contributed by atoms with Gasteiger partial charge in [-0.05, 0) is 11.6 Å². The molecule has 1 rings (SSSR count). The van der Waals surface area contributed by atoms with Crippen molar-refractivity contribution in [3.63, 3.8) is 0 Å². The Labute approximate surface area is 84.0 Å². The van der Waals surface area contributed by atoms with Crippen molar-refractivity contribution < 1.29 is 5.11 Å². The lowest BCUT2D eigenvalue weighted by molar-refractivity contribution is 0.281. The van der Waals surface area contributed by atoms with Crippen LogP contribution >= 0.6 is 0 Å². The van der Waals surface area contributed by atoms with E-state index in [2.05, 4.69) is 11.1 Å². The van der Waals surface area contributed by atoms with Crippen LogP contribution in [0.5, 0.6) is 0 Å². The van der Waals surface area contributed by atoms with Crippen LogP contribution in [-0.2, 0) is 12.0 Å². The molecule has 0 fully saturated rings. The number of nitriles is 1. The van der Waals surface area contributed by atoms with Gasteiger partial charge >= 0.3 is 0 Å². The maximum Gasteiger partial charge on any atom is 0.101 e. The maximum absolute atomic E-state index is 8.93. The van der Waals surface area contributed by atoms with E-state index in [1.54, 1.807) is 12.3 Å². The molecule has 0 spiro atoms. The van der Waals surface area contributed by atoms with Crippen LogP contribution in [0.3, 0.4) is 0 Å². The molecule has 1 N–H and O–H groups in total. The molecule has 0 unspecified atom stereocenters. The Morgan fingerprint density at radius 3 is 2.57 bits per heavy atom. The van der Waals surface area contributed by atoms with Crippen LogP contribution in [0.15, 0.2) is 12.3 Å². The van der Waals surface area contributed by atoms with Crippen LogP contribution in [0.1, 0.15) is 37.6 Å². The number of pyridine rings is 1. The van der Waals surface area contributed by atoms with Crippen LogP contribution in [-0.4, -0.2) is 10.1 Å². The zero-order chi connectivity index (χ0) is 10.8. The average molecular weight is 190 g/mol. The fourth-order valence-electron chi connectivity index (χ4n) is 1.28. The lowest BCUT2D eigenvalue weighted by Gasteiger charge is -2.19. The number of aliphatic hydroxyl groups is 1. The van der Waals surface area contributed by atoms with E-state index in [0.717, 1.165) is 5.69 Å². The fourth-order valence-corrected chi connectivity index (χ4v) is 1.28. The summed E-state index contributed by atoms with van der Waals surface area (Å²) in [5.74, 6) is 0. The summed E-state index contributed by atoms with van der Waals surface area (Å²) in [5, 5.41) is 17.8. The molecule has 0 amide bonds. The van der Waals surface area contributed by atoms with E-state index < -0.39 is 0 Å². The monoisotopic (exact) mass is 190 g/mol. The van der Waals surface area contributed by atoms with Crippen molar-refractivity contribution in [2.75, 3.05) is 0 Å². The van der Waals surface area contributed by atoms with Gasteiger partial charge in [0.2, 0.25) is 0 Å². The first-order chi connectivity index (χ1) is 6.49. The van der Waals surface area contributed by atoms with Crippen molar-refractivity contribution in [3.8, 4) is 6.07 Å². The number of hydrogen-bond acceptors (Lipinski definition) is 3. The van der Waals surface area contributed by atoms with E-state index in [-0.39, 0.29) is 12.0 Å². The van der Waals surface area contributed by atoms with E-state index in [4.69, 9.17) is 10.4 Å². The second kappa shape index (κ2) is 3.77. The van der Waals surface area contributed by atoms with Gasteiger partial charge in [-0.2, -0.15) is 5.26 Å². The Bertz CT molecular complexity index is 372. The van der Waals surface area contributed by atoms with Crippen molar-refractivity contribution >= 4 is 0 Å². The van der Waals surface area contributed by atoms with Gasteiger partial charge in [-0.3, -0.25) is 4.98 Å². The average Bonchev–Trinajstić information content (AvgIpc) is 2.15. The summed E-state index contributed by atoms with van der Waals surface area (Å²) >= 11 is 0. The van der Waals surface area contributed by atoms with Crippen molar-refractivity contribution in [1.29, 1.82) is 5.26 Å². The first-order valence-electron chi connectivity index (χ1n) is 4.49. The SMILES string of the molecule is CC(C)(C)c1ncc(CO)cc1C#N. The molecule has 3 nitrogen and oxygen atoms in total. The van der Waals surface area contributed by atoms with Crippen LogP contribution in [0.2, 0.25) is 0 Å². The molecule has 0 bridgehead atoms. The Balaban J connectivity index is 3.28. The van der Waals surface area contributed by atoms with Crippen LogP contribution < -0.4 is 0 Å². The molecule has 3 heteroatoms. The van der Waals surface area contributed by atoms with E-state index in [1.165, 1.54) is 0 Å². The third-order valence-corrected chi connectivity index (χ3v) is 1.96. The van der Waals surface area contributed by atoms with Gasteiger partial charge in [0.25, 0.3) is 0 Å². The molecular formula is C11H14N2O. The molecule has 0 aromatic carbocycles. The largest absolute Gasteiger partial charge is 0.392 e. The highest BCUT2D eigenvalue weighted by atomic mass is 16.3. The molecule has 0 aliphatic carbocycles. The lowest BCUT2D eigenvalue weighted by Crippen LogP contribution is -2.16. The third kappa shape index (κ3) is 2.09. The molecule has 14 heavy (non-hydrogen) atoms. The van der Waals surface area contributed by atoms with Crippen molar-refractivity contribution in [2.45, 2.75) is 32.8 Å². The number of nitrogens with zero attached hydrogens (tertiary/aromatic N) is 2. The molecule has 0 aliphatic heterocycles. The lowest BCUT2D eigenvalue weighted by atomic mass is 9.88. The predicted octanol–water partition coefficient (Wildman–Crippen LogP) is 1.74. The quantitative estimate of drug-likeness (QED) is 0.733. The number of hydrogen-bond donors (Lipinski definition) is 1. The molecule has 1 heterocycles. The van der Waals surface area contributed by atoms with Crippen LogP contribution in [0.4, 0.5) is 0 Å². The highest BCUT2D eigenvalue weighted by molar-refractivity contribution is 5.38. The number of aliphatic hydroxyl groups excluding tert-OH is 1. The molecule has 1 aromatic rings. The summed E-state index contributed by atoms with van der Waals surface area (Å²) in [4.78, 5) is 4.21. The zero-order valence-corrected chi connectivity index (χ0v) is 8.70. The first-order valence-corrected chi connectivity index (χ1v) is 4.49. The zero-order valence-electron chi connectivity index (χ0n) is 8.70. The van der Waals surface area contributed by atoms with E-state index in [9.17, 15) is 0 Å². The van der Waals surface area contributed by atoms with Gasteiger partial charge in [0.05, 0.1) is 17.9 Å². The Morgan fingerprint density at radius 2 is 2.14 bits per heavy atom. The van der Waals surface area contributed by atoms with Gasteiger partial charge < -0.3 is 5.11 Å². The topological polar surface area (TPSA) is 56.9 Å². The van der Waals surface area contributed by atoms with E-state index >= 15 is 0 Å². The van der Waals surface area contributed by atoms with Crippen molar-refractivity contribution in [2.24, 2.45) is 0 Å². The van der Waals surface area contributed by atoms with Gasteiger partial charge in [-0.1, -0.05) is 20.8 Å². The van der Waals surface area contributed by atoms with Gasteiger partial charge in [0.1, 0.15) is 6.07 Å². The van der Waals surface area contributed by atoms with Gasteiger partial charge in [-0.25, -0.2) is 0 Å². The Morgan fingerprint density at radius 1 is 1.50 bits per heavy atom. The molecule has 0 radical (unpaired) electrons. The van der Waals surface area contributed by atoms with Gasteiger partial charge in [-0.15, -0.1) is 0 Å². The molecule has 0 atom stereocenters. The molecule has 0 aliphatic rings. The molecule has 1 aromatic heterocycles. The summed E-state index contributed by atoms with van der Waals surface area (Å²) < 4.78 is 0. The minimum atomic E-state index is -0.140. The van der Waals surface area contributed by atoms with E-state index in [1.807, 2.05) is 20.8 Å². The van der Waals surface area contributed by atoms with Crippen molar-refractivity contribution in [3.05, 3.63) is 29.1 Å². The molecule has 0 saturated heterocycles. The fraction of sp³-hybridized carbons (Fsp3) is 0.455.